The Morgan fingerprint density at radius 2 is 1.89 bits per heavy atom. The van der Waals surface area contributed by atoms with Gasteiger partial charge in [-0.15, -0.1) is 0 Å². The van der Waals surface area contributed by atoms with E-state index in [1.165, 1.54) is 22.6 Å². The summed E-state index contributed by atoms with van der Waals surface area (Å²) in [6.07, 6.45) is 6.12. The van der Waals surface area contributed by atoms with Crippen molar-refractivity contribution < 1.29 is 14.5 Å². The van der Waals surface area contributed by atoms with E-state index in [0.717, 1.165) is 38.8 Å². The number of likely N-dealkylation sites (tertiary alicyclic amines) is 1. The molecule has 3 rings (SSSR count). The van der Waals surface area contributed by atoms with Gasteiger partial charge in [0.05, 0.1) is 13.1 Å². The quantitative estimate of drug-likeness (QED) is 0.698. The van der Waals surface area contributed by atoms with Crippen molar-refractivity contribution in [2.24, 2.45) is 5.92 Å². The van der Waals surface area contributed by atoms with Gasteiger partial charge in [0.1, 0.15) is 5.54 Å². The van der Waals surface area contributed by atoms with Crippen LogP contribution in [-0.2, 0) is 4.79 Å². The predicted octanol–water partition coefficient (Wildman–Crippen LogP) is 0.123. The second-order valence-corrected chi connectivity index (χ2v) is 6.54. The molecule has 19 heavy (non-hydrogen) atoms. The minimum Gasteiger partial charge on any atom is -0.323 e. The first-order valence-electron chi connectivity index (χ1n) is 7.58. The van der Waals surface area contributed by atoms with Crippen LogP contribution in [0, 0.1) is 5.92 Å². The lowest BCUT2D eigenvalue weighted by atomic mass is 9.77. The molecule has 5 nitrogen and oxygen atoms in total. The van der Waals surface area contributed by atoms with E-state index in [9.17, 15) is 9.59 Å². The number of carbonyl (C=O) groups excluding carboxylic acids is 2. The average Bonchev–Trinajstić information content (AvgIpc) is 2.97. The Kier molecular flexibility index (Phi) is 3.25. The fourth-order valence-electron chi connectivity index (χ4n) is 3.67. The third-order valence-electron chi connectivity index (χ3n) is 5.07. The van der Waals surface area contributed by atoms with Crippen molar-refractivity contribution >= 4 is 11.9 Å². The minimum absolute atomic E-state index is 0.0313. The van der Waals surface area contributed by atoms with Gasteiger partial charge in [-0.3, -0.25) is 4.79 Å². The molecule has 0 aromatic rings. The maximum atomic E-state index is 12.6. The van der Waals surface area contributed by atoms with Crippen LogP contribution in [0.4, 0.5) is 4.79 Å². The van der Waals surface area contributed by atoms with Gasteiger partial charge in [0.15, 0.2) is 6.67 Å². The SMILES string of the molecule is CC1CCC2(CC1)NC(=O)N(C[NH+]1CCCC1)C2=O. The van der Waals surface area contributed by atoms with Crippen LogP contribution in [0.3, 0.4) is 0 Å². The number of rotatable bonds is 2. The molecule has 3 fully saturated rings. The summed E-state index contributed by atoms with van der Waals surface area (Å²) in [7, 11) is 0. The maximum Gasteiger partial charge on any atom is 0.329 e. The first kappa shape index (κ1) is 12.9. The van der Waals surface area contributed by atoms with Crippen molar-refractivity contribution in [1.29, 1.82) is 0 Å². The number of amides is 3. The highest BCUT2D eigenvalue weighted by Crippen LogP contribution is 2.35. The normalized spacial score (nSPS) is 36.3. The summed E-state index contributed by atoms with van der Waals surface area (Å²) in [6.45, 7) is 4.95. The molecule has 0 aromatic carbocycles. The maximum absolute atomic E-state index is 12.6. The molecule has 3 amide bonds. The van der Waals surface area contributed by atoms with Crippen molar-refractivity contribution in [3.63, 3.8) is 0 Å². The van der Waals surface area contributed by atoms with E-state index in [1.807, 2.05) is 0 Å². The zero-order chi connectivity index (χ0) is 13.5. The molecule has 2 N–H and O–H groups in total. The van der Waals surface area contributed by atoms with Gasteiger partial charge in [0.2, 0.25) is 0 Å². The highest BCUT2D eigenvalue weighted by molar-refractivity contribution is 6.06. The largest absolute Gasteiger partial charge is 0.329 e. The summed E-state index contributed by atoms with van der Waals surface area (Å²) in [6, 6.07) is -0.168. The van der Waals surface area contributed by atoms with Gasteiger partial charge in [0.25, 0.3) is 5.91 Å². The zero-order valence-electron chi connectivity index (χ0n) is 11.7. The fraction of sp³-hybridized carbons (Fsp3) is 0.857. The van der Waals surface area contributed by atoms with E-state index in [4.69, 9.17) is 0 Å². The van der Waals surface area contributed by atoms with Gasteiger partial charge in [-0.1, -0.05) is 6.92 Å². The minimum atomic E-state index is -0.567. The van der Waals surface area contributed by atoms with Crippen LogP contribution in [0.1, 0.15) is 45.4 Å². The average molecular weight is 266 g/mol. The molecular weight excluding hydrogens is 242 g/mol. The zero-order valence-corrected chi connectivity index (χ0v) is 11.7. The van der Waals surface area contributed by atoms with E-state index in [2.05, 4.69) is 12.2 Å². The highest BCUT2D eigenvalue weighted by atomic mass is 16.2. The number of urea groups is 1. The van der Waals surface area contributed by atoms with E-state index in [1.54, 1.807) is 0 Å². The Balaban J connectivity index is 1.69. The van der Waals surface area contributed by atoms with E-state index < -0.39 is 5.54 Å². The topological polar surface area (TPSA) is 53.9 Å². The summed E-state index contributed by atoms with van der Waals surface area (Å²) >= 11 is 0. The third kappa shape index (κ3) is 2.24. The molecule has 106 valence electrons. The van der Waals surface area contributed by atoms with Crippen molar-refractivity contribution in [2.45, 2.75) is 51.0 Å². The molecule has 2 heterocycles. The third-order valence-corrected chi connectivity index (χ3v) is 5.07. The molecule has 0 unspecified atom stereocenters. The first-order valence-corrected chi connectivity index (χ1v) is 7.58. The van der Waals surface area contributed by atoms with E-state index in [-0.39, 0.29) is 11.9 Å². The van der Waals surface area contributed by atoms with Gasteiger partial charge >= 0.3 is 6.03 Å². The Labute approximate surface area is 114 Å². The van der Waals surface area contributed by atoms with E-state index >= 15 is 0 Å². The lowest BCUT2D eigenvalue weighted by Gasteiger charge is -2.33. The number of quaternary nitrogens is 1. The smallest absolute Gasteiger partial charge is 0.323 e. The molecule has 1 aliphatic carbocycles. The van der Waals surface area contributed by atoms with E-state index in [0.29, 0.717) is 12.6 Å². The molecule has 1 saturated carbocycles. The van der Waals surface area contributed by atoms with Crippen molar-refractivity contribution in [2.75, 3.05) is 19.8 Å². The number of carbonyl (C=O) groups is 2. The molecular formula is C14H24N3O2+. The predicted molar refractivity (Wildman–Crippen MR) is 70.5 cm³/mol. The lowest BCUT2D eigenvalue weighted by molar-refractivity contribution is -0.894. The van der Waals surface area contributed by atoms with Crippen molar-refractivity contribution in [1.82, 2.24) is 10.2 Å². The second kappa shape index (κ2) is 4.78. The summed E-state index contributed by atoms with van der Waals surface area (Å²) in [5.74, 6) is 0.706. The van der Waals surface area contributed by atoms with Crippen molar-refractivity contribution in [3.05, 3.63) is 0 Å². The lowest BCUT2D eigenvalue weighted by Crippen LogP contribution is -3.11. The summed E-state index contributed by atoms with van der Waals surface area (Å²) in [4.78, 5) is 27.6. The Morgan fingerprint density at radius 1 is 1.26 bits per heavy atom. The molecule has 2 aliphatic heterocycles. The molecule has 0 aromatic heterocycles. The molecule has 5 heteroatoms. The molecule has 0 radical (unpaired) electrons. The van der Waals surface area contributed by atoms with Crippen LogP contribution in [0.15, 0.2) is 0 Å². The molecule has 0 bridgehead atoms. The number of hydrogen-bond acceptors (Lipinski definition) is 2. The molecule has 0 atom stereocenters. The van der Waals surface area contributed by atoms with Crippen LogP contribution in [0.2, 0.25) is 0 Å². The fourth-order valence-corrected chi connectivity index (χ4v) is 3.67. The summed E-state index contributed by atoms with van der Waals surface area (Å²) in [5.41, 5.74) is -0.567. The van der Waals surface area contributed by atoms with Crippen LogP contribution in [0.25, 0.3) is 0 Å². The number of nitrogens with one attached hydrogen (secondary N) is 2. The van der Waals surface area contributed by atoms with Gasteiger partial charge < -0.3 is 10.2 Å². The highest BCUT2D eigenvalue weighted by Gasteiger charge is 2.53. The standard InChI is InChI=1S/C14H23N3O2/c1-11-4-6-14(7-5-11)12(18)17(13(19)15-14)10-16-8-2-3-9-16/h11H,2-10H2,1H3,(H,15,19)/p+1. The Bertz CT molecular complexity index is 382. The van der Waals surface area contributed by atoms with Crippen molar-refractivity contribution in [3.8, 4) is 0 Å². The van der Waals surface area contributed by atoms with Gasteiger partial charge in [-0.25, -0.2) is 9.69 Å². The van der Waals surface area contributed by atoms with Gasteiger partial charge in [-0.2, -0.15) is 0 Å². The summed E-state index contributed by atoms with van der Waals surface area (Å²) < 4.78 is 0. The number of hydrogen-bond donors (Lipinski definition) is 2. The first-order chi connectivity index (χ1) is 9.11. The second-order valence-electron chi connectivity index (χ2n) is 6.54. The number of imide groups is 1. The molecule has 1 spiro atoms. The van der Waals surface area contributed by atoms with Gasteiger partial charge in [-0.05, 0) is 31.6 Å². The van der Waals surface area contributed by atoms with Crippen LogP contribution >= 0.6 is 0 Å². The van der Waals surface area contributed by atoms with Gasteiger partial charge in [0, 0.05) is 12.8 Å². The summed E-state index contributed by atoms with van der Waals surface area (Å²) in [5, 5.41) is 2.99. The molecule has 3 aliphatic rings. The monoisotopic (exact) mass is 266 g/mol. The Morgan fingerprint density at radius 3 is 2.53 bits per heavy atom. The molecule has 2 saturated heterocycles. The van der Waals surface area contributed by atoms with Crippen LogP contribution < -0.4 is 10.2 Å². The number of nitrogens with zero attached hydrogens (tertiary/aromatic N) is 1. The van der Waals surface area contributed by atoms with Crippen LogP contribution in [0.5, 0.6) is 0 Å². The van der Waals surface area contributed by atoms with Crippen LogP contribution in [-0.4, -0.2) is 42.1 Å². The Hall–Kier alpha value is -1.10.